The summed E-state index contributed by atoms with van der Waals surface area (Å²) in [7, 11) is 0. The lowest BCUT2D eigenvalue weighted by Gasteiger charge is -2.13. The number of aromatic nitrogens is 1. The molecule has 0 fully saturated rings. The van der Waals surface area contributed by atoms with Gasteiger partial charge in [0.1, 0.15) is 0 Å². The Balaban J connectivity index is 1.72. The van der Waals surface area contributed by atoms with Crippen molar-refractivity contribution >= 4 is 32.3 Å². The fourth-order valence-electron chi connectivity index (χ4n) is 3.07. The highest BCUT2D eigenvalue weighted by atomic mass is 32.1. The molecule has 2 nitrogen and oxygen atoms in total. The Kier molecular flexibility index (Phi) is 3.82. The van der Waals surface area contributed by atoms with E-state index in [9.17, 15) is 0 Å². The van der Waals surface area contributed by atoms with Crippen LogP contribution in [0.1, 0.15) is 16.5 Å². The van der Waals surface area contributed by atoms with Crippen LogP contribution in [0.5, 0.6) is 0 Å². The first-order valence-electron chi connectivity index (χ1n) is 7.87. The van der Waals surface area contributed by atoms with Gasteiger partial charge in [-0.15, -0.1) is 11.3 Å². The number of hydrogen-bond acceptors (Lipinski definition) is 3. The number of fused-ring (bicyclic) bond motifs is 2. The average Bonchev–Trinajstić information content (AvgIpc) is 3.03. The summed E-state index contributed by atoms with van der Waals surface area (Å²) in [4.78, 5) is 4.80. The summed E-state index contributed by atoms with van der Waals surface area (Å²) >= 11 is 1.76. The van der Waals surface area contributed by atoms with E-state index >= 15 is 0 Å². The Morgan fingerprint density at radius 1 is 0.913 bits per heavy atom. The van der Waals surface area contributed by atoms with E-state index in [1.807, 2.05) is 6.07 Å². The van der Waals surface area contributed by atoms with Gasteiger partial charge < -0.3 is 5.73 Å². The van der Waals surface area contributed by atoms with Crippen molar-refractivity contribution in [2.75, 3.05) is 6.54 Å². The van der Waals surface area contributed by atoms with Gasteiger partial charge in [0.05, 0.1) is 15.2 Å². The molecule has 0 bridgehead atoms. The first kappa shape index (κ1) is 14.4. The second-order valence-corrected chi connectivity index (χ2v) is 6.86. The lowest BCUT2D eigenvalue weighted by molar-refractivity contribution is 0.693. The standard InChI is InChI=1S/C20H18N2S/c21-13-16(20-22-18-10-3-4-11-19(18)23-20)12-15-8-5-7-14-6-1-2-9-17(14)15/h1-11,16H,12-13,21H2. The second kappa shape index (κ2) is 6.11. The van der Waals surface area contributed by atoms with Crippen LogP contribution in [0.2, 0.25) is 0 Å². The topological polar surface area (TPSA) is 38.9 Å². The van der Waals surface area contributed by atoms with E-state index in [1.54, 1.807) is 11.3 Å². The third kappa shape index (κ3) is 2.74. The largest absolute Gasteiger partial charge is 0.330 e. The Labute approximate surface area is 139 Å². The lowest BCUT2D eigenvalue weighted by Crippen LogP contribution is -2.15. The van der Waals surface area contributed by atoms with Crippen molar-refractivity contribution in [1.29, 1.82) is 0 Å². The SMILES string of the molecule is NCC(Cc1cccc2ccccc12)c1nc2ccccc2s1. The number of hydrogen-bond donors (Lipinski definition) is 1. The highest BCUT2D eigenvalue weighted by molar-refractivity contribution is 7.18. The second-order valence-electron chi connectivity index (χ2n) is 5.79. The van der Waals surface area contributed by atoms with E-state index in [0.29, 0.717) is 6.54 Å². The van der Waals surface area contributed by atoms with Crippen molar-refractivity contribution in [2.45, 2.75) is 12.3 Å². The minimum atomic E-state index is 0.262. The molecule has 23 heavy (non-hydrogen) atoms. The number of nitrogens with two attached hydrogens (primary N) is 1. The van der Waals surface area contributed by atoms with Crippen molar-refractivity contribution < 1.29 is 0 Å². The van der Waals surface area contributed by atoms with Gasteiger partial charge in [-0.1, -0.05) is 54.6 Å². The monoisotopic (exact) mass is 318 g/mol. The molecule has 0 amide bonds. The van der Waals surface area contributed by atoms with Gasteiger partial charge in [-0.2, -0.15) is 0 Å². The Morgan fingerprint density at radius 3 is 2.57 bits per heavy atom. The fraction of sp³-hybridized carbons (Fsp3) is 0.150. The van der Waals surface area contributed by atoms with Crippen LogP contribution in [0.3, 0.4) is 0 Å². The highest BCUT2D eigenvalue weighted by Gasteiger charge is 2.16. The van der Waals surface area contributed by atoms with Crippen LogP contribution in [-0.4, -0.2) is 11.5 Å². The molecule has 1 unspecified atom stereocenters. The van der Waals surface area contributed by atoms with Gasteiger partial charge in [-0.25, -0.2) is 4.98 Å². The van der Waals surface area contributed by atoms with E-state index in [4.69, 9.17) is 10.7 Å². The minimum Gasteiger partial charge on any atom is -0.330 e. The van der Waals surface area contributed by atoms with Crippen molar-refractivity contribution in [3.05, 3.63) is 77.3 Å². The van der Waals surface area contributed by atoms with Crippen molar-refractivity contribution in [2.24, 2.45) is 5.73 Å². The number of rotatable bonds is 4. The number of para-hydroxylation sites is 1. The average molecular weight is 318 g/mol. The molecule has 4 aromatic rings. The molecule has 0 saturated carbocycles. The molecule has 2 N–H and O–H groups in total. The molecule has 114 valence electrons. The number of benzene rings is 3. The molecule has 0 spiro atoms. The molecule has 0 aliphatic rings. The molecular formula is C20H18N2S. The Morgan fingerprint density at radius 2 is 1.70 bits per heavy atom. The molecule has 3 aromatic carbocycles. The Hall–Kier alpha value is -2.23. The maximum Gasteiger partial charge on any atom is 0.0985 e. The zero-order valence-electron chi connectivity index (χ0n) is 12.8. The third-order valence-corrected chi connectivity index (χ3v) is 5.49. The summed E-state index contributed by atoms with van der Waals surface area (Å²) in [6.07, 6.45) is 0.928. The van der Waals surface area contributed by atoms with Gasteiger partial charge in [0.25, 0.3) is 0 Å². The quantitative estimate of drug-likeness (QED) is 0.590. The van der Waals surface area contributed by atoms with Gasteiger partial charge in [0.15, 0.2) is 0 Å². The van der Waals surface area contributed by atoms with Crippen LogP contribution < -0.4 is 5.73 Å². The molecule has 1 heterocycles. The van der Waals surface area contributed by atoms with Gasteiger partial charge in [-0.3, -0.25) is 0 Å². The molecule has 0 aliphatic heterocycles. The first-order valence-corrected chi connectivity index (χ1v) is 8.69. The van der Waals surface area contributed by atoms with E-state index in [1.165, 1.54) is 21.0 Å². The third-order valence-electron chi connectivity index (χ3n) is 4.29. The lowest BCUT2D eigenvalue weighted by atomic mass is 9.95. The first-order chi connectivity index (χ1) is 11.3. The van der Waals surface area contributed by atoms with E-state index in [-0.39, 0.29) is 5.92 Å². The molecule has 1 aromatic heterocycles. The van der Waals surface area contributed by atoms with Crippen molar-refractivity contribution in [3.63, 3.8) is 0 Å². The van der Waals surface area contributed by atoms with Gasteiger partial charge in [0, 0.05) is 12.5 Å². The normalized spacial score (nSPS) is 12.7. The van der Waals surface area contributed by atoms with Crippen LogP contribution in [0.25, 0.3) is 21.0 Å². The molecule has 4 rings (SSSR count). The van der Waals surface area contributed by atoms with E-state index in [2.05, 4.69) is 60.7 Å². The maximum absolute atomic E-state index is 6.09. The zero-order valence-corrected chi connectivity index (χ0v) is 13.6. The number of nitrogens with zero attached hydrogens (tertiary/aromatic N) is 1. The van der Waals surface area contributed by atoms with E-state index < -0.39 is 0 Å². The minimum absolute atomic E-state index is 0.262. The molecule has 0 aliphatic carbocycles. The van der Waals surface area contributed by atoms with Gasteiger partial charge >= 0.3 is 0 Å². The zero-order chi connectivity index (χ0) is 15.6. The van der Waals surface area contributed by atoms with Crippen LogP contribution in [0.15, 0.2) is 66.7 Å². The smallest absolute Gasteiger partial charge is 0.0985 e. The summed E-state index contributed by atoms with van der Waals surface area (Å²) < 4.78 is 1.24. The summed E-state index contributed by atoms with van der Waals surface area (Å²) in [5.41, 5.74) is 8.50. The van der Waals surface area contributed by atoms with Crippen LogP contribution in [-0.2, 0) is 6.42 Å². The van der Waals surface area contributed by atoms with Crippen molar-refractivity contribution in [1.82, 2.24) is 4.98 Å². The molecule has 3 heteroatoms. The van der Waals surface area contributed by atoms with Crippen LogP contribution in [0, 0.1) is 0 Å². The summed E-state index contributed by atoms with van der Waals surface area (Å²) in [5, 5.41) is 3.74. The summed E-state index contributed by atoms with van der Waals surface area (Å²) in [6.45, 7) is 0.614. The highest BCUT2D eigenvalue weighted by Crippen LogP contribution is 2.30. The molecular weight excluding hydrogens is 300 g/mol. The maximum atomic E-state index is 6.09. The molecule has 1 atom stereocenters. The Bertz CT molecular complexity index is 920. The predicted molar refractivity (Wildman–Crippen MR) is 99.1 cm³/mol. The summed E-state index contributed by atoms with van der Waals surface area (Å²) in [6, 6.07) is 23.3. The number of thiazole rings is 1. The van der Waals surface area contributed by atoms with Gasteiger partial charge in [0.2, 0.25) is 0 Å². The van der Waals surface area contributed by atoms with Crippen LogP contribution >= 0.6 is 11.3 Å². The van der Waals surface area contributed by atoms with E-state index in [0.717, 1.165) is 16.9 Å². The van der Waals surface area contributed by atoms with Crippen LogP contribution in [0.4, 0.5) is 0 Å². The molecule has 0 saturated heterocycles. The molecule has 0 radical (unpaired) electrons. The van der Waals surface area contributed by atoms with Crippen molar-refractivity contribution in [3.8, 4) is 0 Å². The van der Waals surface area contributed by atoms with Gasteiger partial charge in [-0.05, 0) is 34.9 Å². The fourth-order valence-corrected chi connectivity index (χ4v) is 4.15. The predicted octanol–water partition coefficient (Wildman–Crippen LogP) is 4.73. The summed E-state index contributed by atoms with van der Waals surface area (Å²) in [5.74, 6) is 0.262.